The van der Waals surface area contributed by atoms with E-state index < -0.39 is 0 Å². The first kappa shape index (κ1) is 10.5. The van der Waals surface area contributed by atoms with Crippen LogP contribution in [0.1, 0.15) is 10.6 Å². The highest BCUT2D eigenvalue weighted by Gasteiger charge is 2.09. The fourth-order valence-corrected chi connectivity index (χ4v) is 2.91. The fraction of sp³-hybridized carbons (Fsp3) is 0.231. The van der Waals surface area contributed by atoms with Crippen molar-refractivity contribution < 1.29 is 4.57 Å². The standard InChI is InChI=1S/C13H14N3S/c1-10-14-13-11(4-3-5-12(13)17-10)8-16-7-6-15(2)9-16/h3-7,9H,8H2,1-2H3/q+1. The van der Waals surface area contributed by atoms with Crippen molar-refractivity contribution in [3.8, 4) is 0 Å². The molecular formula is C13H14N3S+. The number of fused-ring (bicyclic) bond motifs is 1. The summed E-state index contributed by atoms with van der Waals surface area (Å²) in [7, 11) is 2.03. The largest absolute Gasteiger partial charge is 0.243 e. The van der Waals surface area contributed by atoms with Crippen molar-refractivity contribution in [2.24, 2.45) is 7.05 Å². The van der Waals surface area contributed by atoms with Gasteiger partial charge in [-0.25, -0.2) is 14.1 Å². The molecule has 0 aliphatic carbocycles. The molecule has 2 aromatic heterocycles. The molecule has 0 spiro atoms. The van der Waals surface area contributed by atoms with Gasteiger partial charge in [0.15, 0.2) is 0 Å². The first-order chi connectivity index (χ1) is 8.22. The lowest BCUT2D eigenvalue weighted by molar-refractivity contribution is -0.671. The summed E-state index contributed by atoms with van der Waals surface area (Å²) < 4.78 is 5.49. The molecule has 0 saturated heterocycles. The molecule has 0 amide bonds. The minimum Gasteiger partial charge on any atom is -0.241 e. The Morgan fingerprint density at radius 2 is 2.29 bits per heavy atom. The van der Waals surface area contributed by atoms with Gasteiger partial charge in [-0.3, -0.25) is 0 Å². The summed E-state index contributed by atoms with van der Waals surface area (Å²) in [6.07, 6.45) is 6.21. The van der Waals surface area contributed by atoms with E-state index in [-0.39, 0.29) is 0 Å². The van der Waals surface area contributed by atoms with E-state index in [1.807, 2.05) is 17.8 Å². The molecule has 0 saturated carbocycles. The van der Waals surface area contributed by atoms with Crippen LogP contribution in [0.3, 0.4) is 0 Å². The van der Waals surface area contributed by atoms with Gasteiger partial charge in [0.1, 0.15) is 18.9 Å². The molecule has 0 aliphatic heterocycles. The predicted molar refractivity (Wildman–Crippen MR) is 69.1 cm³/mol. The highest BCUT2D eigenvalue weighted by Crippen LogP contribution is 2.24. The molecule has 2 heterocycles. The van der Waals surface area contributed by atoms with E-state index in [0.29, 0.717) is 0 Å². The van der Waals surface area contributed by atoms with Crippen molar-refractivity contribution in [2.45, 2.75) is 13.5 Å². The molecule has 86 valence electrons. The summed E-state index contributed by atoms with van der Waals surface area (Å²) in [5.41, 5.74) is 2.43. The predicted octanol–water partition coefficient (Wildman–Crippen LogP) is 2.28. The van der Waals surface area contributed by atoms with Gasteiger partial charge < -0.3 is 0 Å². The monoisotopic (exact) mass is 244 g/mol. The molecule has 1 aromatic carbocycles. The average molecular weight is 244 g/mol. The molecule has 0 bridgehead atoms. The summed E-state index contributed by atoms with van der Waals surface area (Å²) in [6.45, 7) is 2.94. The fourth-order valence-electron chi connectivity index (χ4n) is 2.04. The third-order valence-electron chi connectivity index (χ3n) is 2.79. The van der Waals surface area contributed by atoms with Crippen LogP contribution in [-0.2, 0) is 13.6 Å². The van der Waals surface area contributed by atoms with Crippen molar-refractivity contribution in [3.63, 3.8) is 0 Å². The Balaban J connectivity index is 2.05. The lowest BCUT2D eigenvalue weighted by Gasteiger charge is -1.98. The number of thiazole rings is 1. The van der Waals surface area contributed by atoms with Crippen LogP contribution in [0.15, 0.2) is 36.9 Å². The molecule has 0 atom stereocenters. The van der Waals surface area contributed by atoms with E-state index in [9.17, 15) is 0 Å². The maximum absolute atomic E-state index is 4.61. The van der Waals surface area contributed by atoms with Crippen LogP contribution >= 0.6 is 11.3 Å². The van der Waals surface area contributed by atoms with E-state index in [4.69, 9.17) is 0 Å². The highest BCUT2D eigenvalue weighted by molar-refractivity contribution is 7.18. The van der Waals surface area contributed by atoms with E-state index in [2.05, 4.69) is 47.2 Å². The van der Waals surface area contributed by atoms with Gasteiger partial charge in [0.05, 0.1) is 22.3 Å². The van der Waals surface area contributed by atoms with Crippen molar-refractivity contribution in [3.05, 3.63) is 47.5 Å². The number of rotatable bonds is 2. The first-order valence-corrected chi connectivity index (χ1v) is 6.40. The SMILES string of the molecule is Cc1nc2c(Cn3cc[n+](C)c3)cccc2s1. The van der Waals surface area contributed by atoms with Gasteiger partial charge in [0.25, 0.3) is 0 Å². The summed E-state index contributed by atoms with van der Waals surface area (Å²) in [5, 5.41) is 1.13. The van der Waals surface area contributed by atoms with Crippen LogP contribution in [0, 0.1) is 6.92 Å². The number of aryl methyl sites for hydroxylation is 2. The second-order valence-corrected chi connectivity index (χ2v) is 5.48. The average Bonchev–Trinajstić information content (AvgIpc) is 2.84. The van der Waals surface area contributed by atoms with Gasteiger partial charge >= 0.3 is 0 Å². The number of benzene rings is 1. The van der Waals surface area contributed by atoms with Gasteiger partial charge in [-0.05, 0) is 13.0 Å². The van der Waals surface area contributed by atoms with Crippen LogP contribution in [0.5, 0.6) is 0 Å². The third-order valence-corrected chi connectivity index (χ3v) is 3.72. The lowest BCUT2D eigenvalue weighted by atomic mass is 10.2. The Bertz CT molecular complexity index is 666. The summed E-state index contributed by atoms with van der Waals surface area (Å²) in [5.74, 6) is 0. The molecule has 4 heteroatoms. The molecule has 0 N–H and O–H groups in total. The maximum Gasteiger partial charge on any atom is 0.243 e. The first-order valence-electron chi connectivity index (χ1n) is 5.58. The number of nitrogens with zero attached hydrogens (tertiary/aromatic N) is 3. The Hall–Kier alpha value is -1.68. The molecule has 0 aliphatic rings. The lowest BCUT2D eigenvalue weighted by Crippen LogP contribution is -2.23. The van der Waals surface area contributed by atoms with Crippen molar-refractivity contribution in [1.29, 1.82) is 0 Å². The zero-order valence-electron chi connectivity index (χ0n) is 9.92. The zero-order valence-corrected chi connectivity index (χ0v) is 10.7. The molecular weight excluding hydrogens is 230 g/mol. The summed E-state index contributed by atoms with van der Waals surface area (Å²) >= 11 is 1.76. The Morgan fingerprint density at radius 1 is 1.41 bits per heavy atom. The molecule has 3 nitrogen and oxygen atoms in total. The second kappa shape index (κ2) is 3.96. The van der Waals surface area contributed by atoms with Crippen molar-refractivity contribution >= 4 is 21.6 Å². The minimum absolute atomic E-state index is 0.876. The van der Waals surface area contributed by atoms with Crippen molar-refractivity contribution in [2.75, 3.05) is 0 Å². The molecule has 0 fully saturated rings. The molecule has 3 aromatic rings. The number of hydrogen-bond acceptors (Lipinski definition) is 2. The number of hydrogen-bond donors (Lipinski definition) is 0. The van der Waals surface area contributed by atoms with Crippen LogP contribution < -0.4 is 4.57 Å². The van der Waals surface area contributed by atoms with Crippen LogP contribution in [0.2, 0.25) is 0 Å². The van der Waals surface area contributed by atoms with Crippen LogP contribution in [0.25, 0.3) is 10.2 Å². The topological polar surface area (TPSA) is 21.7 Å². The van der Waals surface area contributed by atoms with Crippen LogP contribution in [0.4, 0.5) is 0 Å². The molecule has 17 heavy (non-hydrogen) atoms. The Morgan fingerprint density at radius 3 is 3.06 bits per heavy atom. The van der Waals surface area contributed by atoms with Crippen LogP contribution in [-0.4, -0.2) is 9.55 Å². The Labute approximate surface area is 104 Å². The Kier molecular flexibility index (Phi) is 2.44. The number of imidazole rings is 1. The maximum atomic E-state index is 4.61. The quantitative estimate of drug-likeness (QED) is 0.634. The smallest absolute Gasteiger partial charge is 0.241 e. The zero-order chi connectivity index (χ0) is 11.8. The molecule has 0 unspecified atom stereocenters. The normalized spacial score (nSPS) is 11.2. The van der Waals surface area contributed by atoms with E-state index in [0.717, 1.165) is 17.1 Å². The molecule has 3 rings (SSSR count). The number of para-hydroxylation sites is 1. The molecule has 0 radical (unpaired) electrons. The summed E-state index contributed by atoms with van der Waals surface area (Å²) in [6, 6.07) is 6.40. The van der Waals surface area contributed by atoms with E-state index in [1.54, 1.807) is 11.3 Å². The van der Waals surface area contributed by atoms with Crippen molar-refractivity contribution in [1.82, 2.24) is 9.55 Å². The van der Waals surface area contributed by atoms with Gasteiger partial charge in [-0.2, -0.15) is 0 Å². The van der Waals surface area contributed by atoms with Gasteiger partial charge in [-0.1, -0.05) is 12.1 Å². The number of aromatic nitrogens is 3. The van der Waals surface area contributed by atoms with E-state index in [1.165, 1.54) is 10.3 Å². The highest BCUT2D eigenvalue weighted by atomic mass is 32.1. The van der Waals surface area contributed by atoms with Gasteiger partial charge in [0.2, 0.25) is 6.33 Å². The summed E-state index contributed by atoms with van der Waals surface area (Å²) in [4.78, 5) is 4.61. The van der Waals surface area contributed by atoms with Gasteiger partial charge in [-0.15, -0.1) is 11.3 Å². The third kappa shape index (κ3) is 1.96. The van der Waals surface area contributed by atoms with Gasteiger partial charge in [0, 0.05) is 5.56 Å². The second-order valence-electron chi connectivity index (χ2n) is 4.25. The minimum atomic E-state index is 0.876. The van der Waals surface area contributed by atoms with E-state index >= 15 is 0 Å².